The van der Waals surface area contributed by atoms with E-state index in [4.69, 9.17) is 9.47 Å². The molecule has 0 bridgehead atoms. The minimum atomic E-state index is -0.936. The highest BCUT2D eigenvalue weighted by atomic mass is 16.5. The highest BCUT2D eigenvalue weighted by molar-refractivity contribution is 5.86. The van der Waals surface area contributed by atoms with Crippen LogP contribution in [-0.2, 0) is 0 Å². The Kier molecular flexibility index (Phi) is 11.6. The van der Waals surface area contributed by atoms with Gasteiger partial charge in [0.05, 0.1) is 0 Å². The molecule has 0 saturated carbocycles. The molecule has 6 nitrogen and oxygen atoms in total. The number of phenols is 1. The molecule has 6 heteroatoms. The summed E-state index contributed by atoms with van der Waals surface area (Å²) in [6, 6.07) is 20.9. The molecule has 3 aromatic carbocycles. The maximum Gasteiger partial charge on any atom is 0.411 e. The molecule has 198 valence electrons. The summed E-state index contributed by atoms with van der Waals surface area (Å²) < 4.78 is 11.7. The average Bonchev–Trinajstić information content (AvgIpc) is 2.90. The molecule has 0 fully saturated rings. The Balaban J connectivity index is 1.42. The van der Waals surface area contributed by atoms with Crippen LogP contribution < -0.4 is 14.4 Å². The zero-order valence-electron chi connectivity index (χ0n) is 21.8. The maximum absolute atomic E-state index is 11.8. The van der Waals surface area contributed by atoms with E-state index in [2.05, 4.69) is 6.92 Å². The van der Waals surface area contributed by atoms with Gasteiger partial charge in [-0.3, -0.25) is 4.90 Å². The van der Waals surface area contributed by atoms with E-state index in [9.17, 15) is 15.0 Å². The zero-order chi connectivity index (χ0) is 26.3. The lowest BCUT2D eigenvalue weighted by Gasteiger charge is -2.19. The van der Waals surface area contributed by atoms with Crippen LogP contribution in [0.5, 0.6) is 28.7 Å². The zero-order valence-corrected chi connectivity index (χ0v) is 21.8. The molecule has 0 aliphatic heterocycles. The van der Waals surface area contributed by atoms with Crippen molar-refractivity contribution in [3.8, 4) is 28.7 Å². The fourth-order valence-electron chi connectivity index (χ4n) is 4.15. The summed E-state index contributed by atoms with van der Waals surface area (Å²) in [6.07, 6.45) is 11.3. The van der Waals surface area contributed by atoms with Gasteiger partial charge in [-0.1, -0.05) is 64.7 Å². The predicted octanol–water partition coefficient (Wildman–Crippen LogP) is 9.38. The van der Waals surface area contributed by atoms with Gasteiger partial charge in [0.1, 0.15) is 28.7 Å². The Bertz CT molecular complexity index is 1050. The molecule has 0 heterocycles. The van der Waals surface area contributed by atoms with E-state index in [1.54, 1.807) is 72.8 Å². The summed E-state index contributed by atoms with van der Waals surface area (Å²) in [5, 5.41) is 19.1. The third kappa shape index (κ3) is 10.1. The highest BCUT2D eigenvalue weighted by Gasteiger charge is 2.14. The van der Waals surface area contributed by atoms with Gasteiger partial charge in [-0.25, -0.2) is 4.79 Å². The number of hydrogen-bond acceptors (Lipinski definition) is 4. The van der Waals surface area contributed by atoms with Crippen molar-refractivity contribution in [1.29, 1.82) is 0 Å². The molecule has 2 N–H and O–H groups in total. The van der Waals surface area contributed by atoms with Crippen molar-refractivity contribution in [3.63, 3.8) is 0 Å². The minimum absolute atomic E-state index is 0.187. The van der Waals surface area contributed by atoms with Crippen molar-refractivity contribution in [2.24, 2.45) is 0 Å². The van der Waals surface area contributed by atoms with Crippen LogP contribution in [0.3, 0.4) is 0 Å². The van der Waals surface area contributed by atoms with Crippen LogP contribution in [-0.4, -0.2) is 22.9 Å². The Hall–Kier alpha value is -3.67. The largest absolute Gasteiger partial charge is 0.508 e. The van der Waals surface area contributed by atoms with E-state index in [1.165, 1.54) is 49.8 Å². The van der Waals surface area contributed by atoms with Gasteiger partial charge in [-0.2, -0.15) is 0 Å². The number of rotatable bonds is 16. The molecule has 37 heavy (non-hydrogen) atoms. The number of phenolic OH excluding ortho intramolecular Hbond substituents is 1. The van der Waals surface area contributed by atoms with E-state index in [0.29, 0.717) is 35.2 Å². The maximum atomic E-state index is 11.8. The molecular formula is C31H39NO5. The third-order valence-electron chi connectivity index (χ3n) is 6.25. The summed E-state index contributed by atoms with van der Waals surface area (Å²) in [5.41, 5.74) is 0.647. The van der Waals surface area contributed by atoms with Gasteiger partial charge in [-0.05, 0) is 79.2 Å². The number of unbranched alkanes of at least 4 members (excludes halogenated alkanes) is 9. The van der Waals surface area contributed by atoms with Crippen molar-refractivity contribution in [2.75, 3.05) is 11.4 Å². The van der Waals surface area contributed by atoms with Gasteiger partial charge in [-0.15, -0.1) is 0 Å². The number of carboxylic acid groups (broad SMARTS) is 1. The average molecular weight is 506 g/mol. The van der Waals surface area contributed by atoms with Gasteiger partial charge in [0.15, 0.2) is 0 Å². The third-order valence-corrected chi connectivity index (χ3v) is 6.25. The number of anilines is 1. The SMILES string of the molecule is CCCCCCCCCCCCN(C(=O)O)c1ccc(Oc2ccc(Oc3ccc(O)cc3)cc2)cc1. The van der Waals surface area contributed by atoms with Crippen LogP contribution in [0.15, 0.2) is 72.8 Å². The smallest absolute Gasteiger partial charge is 0.411 e. The van der Waals surface area contributed by atoms with Crippen molar-refractivity contribution in [2.45, 2.75) is 71.1 Å². The normalized spacial score (nSPS) is 10.7. The number of benzene rings is 3. The number of nitrogens with zero attached hydrogens (tertiary/aromatic N) is 1. The van der Waals surface area contributed by atoms with Crippen molar-refractivity contribution in [3.05, 3.63) is 72.8 Å². The standard InChI is InChI=1S/C31H39NO5/c1-2-3-4-5-6-7-8-9-10-11-24-32(31(34)35)25-12-16-27(17-13-25)36-29-20-22-30(23-21-29)37-28-18-14-26(33)15-19-28/h12-23,33H,2-11,24H2,1H3,(H,34,35). The topological polar surface area (TPSA) is 79.2 Å². The fourth-order valence-corrected chi connectivity index (χ4v) is 4.15. The van der Waals surface area contributed by atoms with E-state index < -0.39 is 6.09 Å². The van der Waals surface area contributed by atoms with E-state index in [1.807, 2.05) is 0 Å². The molecule has 0 saturated heterocycles. The van der Waals surface area contributed by atoms with Gasteiger partial charge in [0, 0.05) is 12.2 Å². The summed E-state index contributed by atoms with van der Waals surface area (Å²) in [4.78, 5) is 13.2. The van der Waals surface area contributed by atoms with E-state index >= 15 is 0 Å². The molecule has 3 rings (SSSR count). The molecule has 1 amide bonds. The summed E-state index contributed by atoms with van der Waals surface area (Å²) >= 11 is 0. The van der Waals surface area contributed by atoms with Gasteiger partial charge in [0.25, 0.3) is 0 Å². The Labute approximate surface area is 220 Å². The number of carbonyl (C=O) groups is 1. The number of amides is 1. The van der Waals surface area contributed by atoms with E-state index in [0.717, 1.165) is 19.3 Å². The van der Waals surface area contributed by atoms with Crippen LogP contribution in [0, 0.1) is 0 Å². The minimum Gasteiger partial charge on any atom is -0.508 e. The quantitative estimate of drug-likeness (QED) is 0.190. The Morgan fingerprint density at radius 3 is 1.43 bits per heavy atom. The molecule has 0 atom stereocenters. The second-order valence-corrected chi connectivity index (χ2v) is 9.28. The Morgan fingerprint density at radius 2 is 1.00 bits per heavy atom. The fraction of sp³-hybridized carbons (Fsp3) is 0.387. The first kappa shape index (κ1) is 27.9. The van der Waals surface area contributed by atoms with Gasteiger partial charge < -0.3 is 19.7 Å². The second kappa shape index (κ2) is 15.4. The molecule has 0 radical (unpaired) electrons. The van der Waals surface area contributed by atoms with Crippen LogP contribution in [0.1, 0.15) is 71.1 Å². The van der Waals surface area contributed by atoms with Crippen LogP contribution in [0.2, 0.25) is 0 Å². The molecule has 0 spiro atoms. The molecule has 0 aliphatic carbocycles. The van der Waals surface area contributed by atoms with Crippen molar-refractivity contribution >= 4 is 11.8 Å². The monoisotopic (exact) mass is 505 g/mol. The first-order valence-electron chi connectivity index (χ1n) is 13.4. The number of hydrogen-bond donors (Lipinski definition) is 2. The van der Waals surface area contributed by atoms with Gasteiger partial charge >= 0.3 is 6.09 Å². The van der Waals surface area contributed by atoms with Crippen molar-refractivity contribution < 1.29 is 24.5 Å². The number of aromatic hydroxyl groups is 1. The first-order chi connectivity index (χ1) is 18.0. The molecular weight excluding hydrogens is 466 g/mol. The molecule has 0 aromatic heterocycles. The lowest BCUT2D eigenvalue weighted by molar-refractivity contribution is 0.201. The first-order valence-corrected chi connectivity index (χ1v) is 13.4. The molecule has 0 aliphatic rings. The summed E-state index contributed by atoms with van der Waals surface area (Å²) in [7, 11) is 0. The van der Waals surface area contributed by atoms with Crippen molar-refractivity contribution in [1.82, 2.24) is 0 Å². The summed E-state index contributed by atoms with van der Waals surface area (Å²) in [5.74, 6) is 2.74. The number of ether oxygens (including phenoxy) is 2. The van der Waals surface area contributed by atoms with Gasteiger partial charge in [0.2, 0.25) is 0 Å². The Morgan fingerprint density at radius 1 is 0.622 bits per heavy atom. The molecule has 3 aromatic rings. The lowest BCUT2D eigenvalue weighted by atomic mass is 10.1. The van der Waals surface area contributed by atoms with Crippen LogP contribution >= 0.6 is 0 Å². The molecule has 0 unspecified atom stereocenters. The second-order valence-electron chi connectivity index (χ2n) is 9.28. The lowest BCUT2D eigenvalue weighted by Crippen LogP contribution is -2.30. The summed E-state index contributed by atoms with van der Waals surface area (Å²) in [6.45, 7) is 2.73. The van der Waals surface area contributed by atoms with Crippen LogP contribution in [0.4, 0.5) is 10.5 Å². The van der Waals surface area contributed by atoms with Crippen LogP contribution in [0.25, 0.3) is 0 Å². The van der Waals surface area contributed by atoms with E-state index in [-0.39, 0.29) is 5.75 Å². The highest BCUT2D eigenvalue weighted by Crippen LogP contribution is 2.29. The predicted molar refractivity (Wildman–Crippen MR) is 148 cm³/mol.